The molecule has 0 saturated heterocycles. The van der Waals surface area contributed by atoms with E-state index in [1.807, 2.05) is 43.3 Å². The molecule has 0 atom stereocenters. The van der Waals surface area contributed by atoms with Gasteiger partial charge in [0.15, 0.2) is 12.4 Å². The molecule has 1 aromatic heterocycles. The molecular formula is C27H31N5O4. The topological polar surface area (TPSA) is 139 Å². The molecule has 4 rings (SSSR count). The van der Waals surface area contributed by atoms with Crippen molar-refractivity contribution in [3.63, 3.8) is 0 Å². The zero-order valence-corrected chi connectivity index (χ0v) is 20.6. The quantitative estimate of drug-likeness (QED) is 0.394. The Morgan fingerprint density at radius 3 is 2.42 bits per heavy atom. The number of anilines is 2. The summed E-state index contributed by atoms with van der Waals surface area (Å²) in [5, 5.41) is 10.0. The molecule has 1 aliphatic rings. The molecule has 0 aliphatic heterocycles. The van der Waals surface area contributed by atoms with Crippen LogP contribution in [0.25, 0.3) is 11.1 Å². The van der Waals surface area contributed by atoms with E-state index < -0.39 is 5.60 Å². The van der Waals surface area contributed by atoms with Crippen LogP contribution in [0.15, 0.2) is 42.6 Å². The second-order valence-electron chi connectivity index (χ2n) is 8.71. The smallest absolute Gasteiger partial charge is 0.221 e. The SMILES string of the molecule is CCOc1cc(Cc2cnc(N)nc2N)cc(OC2(C#N)CCCC2)c1-c1ccc(OCOC)cc1. The van der Waals surface area contributed by atoms with E-state index in [0.29, 0.717) is 48.9 Å². The summed E-state index contributed by atoms with van der Waals surface area (Å²) in [7, 11) is 1.58. The molecule has 9 heteroatoms. The van der Waals surface area contributed by atoms with Gasteiger partial charge in [-0.2, -0.15) is 10.2 Å². The Kier molecular flexibility index (Phi) is 7.76. The van der Waals surface area contributed by atoms with Gasteiger partial charge in [0, 0.05) is 38.1 Å². The van der Waals surface area contributed by atoms with Crippen LogP contribution in [0.4, 0.5) is 11.8 Å². The molecule has 3 aromatic rings. The van der Waals surface area contributed by atoms with Gasteiger partial charge in [-0.3, -0.25) is 0 Å². The number of methoxy groups -OCH3 is 1. The maximum atomic E-state index is 10.0. The second kappa shape index (κ2) is 11.1. The summed E-state index contributed by atoms with van der Waals surface area (Å²) in [6.45, 7) is 2.55. The molecule has 0 unspecified atom stereocenters. The minimum absolute atomic E-state index is 0.126. The molecule has 1 aliphatic carbocycles. The first-order valence-electron chi connectivity index (χ1n) is 12.0. The van der Waals surface area contributed by atoms with E-state index in [0.717, 1.165) is 35.1 Å². The number of hydrogen-bond acceptors (Lipinski definition) is 9. The summed E-state index contributed by atoms with van der Waals surface area (Å²) in [4.78, 5) is 8.15. The third-order valence-corrected chi connectivity index (χ3v) is 6.14. The highest BCUT2D eigenvalue weighted by atomic mass is 16.7. The maximum Gasteiger partial charge on any atom is 0.221 e. The van der Waals surface area contributed by atoms with Gasteiger partial charge in [-0.25, -0.2) is 4.98 Å². The number of nitrogens with zero attached hydrogens (tertiary/aromatic N) is 3. The fraction of sp³-hybridized carbons (Fsp3) is 0.370. The summed E-state index contributed by atoms with van der Waals surface area (Å²) >= 11 is 0. The van der Waals surface area contributed by atoms with E-state index in [1.54, 1.807) is 13.3 Å². The van der Waals surface area contributed by atoms with E-state index >= 15 is 0 Å². The lowest BCUT2D eigenvalue weighted by Gasteiger charge is -2.26. The summed E-state index contributed by atoms with van der Waals surface area (Å²) in [6, 6.07) is 13.9. The average molecular weight is 490 g/mol. The van der Waals surface area contributed by atoms with Gasteiger partial charge in [-0.15, -0.1) is 0 Å². The lowest BCUT2D eigenvalue weighted by atomic mass is 9.97. The van der Waals surface area contributed by atoms with Crippen molar-refractivity contribution in [2.75, 3.05) is 32.0 Å². The Bertz CT molecular complexity index is 1230. The van der Waals surface area contributed by atoms with Crippen LogP contribution in [0.3, 0.4) is 0 Å². The molecule has 4 N–H and O–H groups in total. The van der Waals surface area contributed by atoms with Crippen molar-refractivity contribution in [2.24, 2.45) is 0 Å². The van der Waals surface area contributed by atoms with E-state index in [4.69, 9.17) is 30.4 Å². The molecule has 2 aromatic carbocycles. The van der Waals surface area contributed by atoms with E-state index in [1.165, 1.54) is 0 Å². The highest BCUT2D eigenvalue weighted by molar-refractivity contribution is 5.78. The van der Waals surface area contributed by atoms with Crippen LogP contribution in [-0.2, 0) is 11.2 Å². The van der Waals surface area contributed by atoms with Crippen molar-refractivity contribution in [1.82, 2.24) is 9.97 Å². The molecule has 1 saturated carbocycles. The third kappa shape index (κ3) is 5.61. The Morgan fingerprint density at radius 1 is 1.06 bits per heavy atom. The number of aromatic nitrogens is 2. The Hall–Kier alpha value is -4.03. The fourth-order valence-electron chi connectivity index (χ4n) is 4.41. The van der Waals surface area contributed by atoms with Gasteiger partial charge in [0.1, 0.15) is 29.1 Å². The van der Waals surface area contributed by atoms with E-state index in [-0.39, 0.29) is 12.7 Å². The number of hydrogen-bond donors (Lipinski definition) is 2. The molecule has 0 spiro atoms. The Balaban J connectivity index is 1.80. The van der Waals surface area contributed by atoms with Crippen LogP contribution < -0.4 is 25.7 Å². The lowest BCUT2D eigenvalue weighted by molar-refractivity contribution is 0.0511. The predicted octanol–water partition coefficient (Wildman–Crippen LogP) is 4.50. The van der Waals surface area contributed by atoms with Crippen molar-refractivity contribution >= 4 is 11.8 Å². The van der Waals surface area contributed by atoms with Crippen LogP contribution in [-0.4, -0.2) is 36.1 Å². The predicted molar refractivity (Wildman–Crippen MR) is 137 cm³/mol. The van der Waals surface area contributed by atoms with Gasteiger partial charge >= 0.3 is 0 Å². The van der Waals surface area contributed by atoms with E-state index in [9.17, 15) is 5.26 Å². The van der Waals surface area contributed by atoms with Gasteiger partial charge in [-0.1, -0.05) is 12.1 Å². The molecule has 0 radical (unpaired) electrons. The highest BCUT2D eigenvalue weighted by Crippen LogP contribution is 2.44. The third-order valence-electron chi connectivity index (χ3n) is 6.14. The first-order chi connectivity index (χ1) is 17.5. The summed E-state index contributed by atoms with van der Waals surface area (Å²) < 4.78 is 23.1. The van der Waals surface area contributed by atoms with Crippen molar-refractivity contribution in [3.05, 3.63) is 53.7 Å². The second-order valence-corrected chi connectivity index (χ2v) is 8.71. The molecular weight excluding hydrogens is 458 g/mol. The molecule has 1 heterocycles. The zero-order chi connectivity index (χ0) is 25.5. The zero-order valence-electron chi connectivity index (χ0n) is 20.6. The number of nitrogens with two attached hydrogens (primary N) is 2. The fourth-order valence-corrected chi connectivity index (χ4v) is 4.41. The van der Waals surface area contributed by atoms with Gasteiger partial charge < -0.3 is 30.4 Å². The first kappa shape index (κ1) is 25.1. The van der Waals surface area contributed by atoms with Gasteiger partial charge in [0.05, 0.1) is 12.2 Å². The van der Waals surface area contributed by atoms with Crippen molar-refractivity contribution in [2.45, 2.75) is 44.6 Å². The molecule has 188 valence electrons. The van der Waals surface area contributed by atoms with Crippen LogP contribution in [0.1, 0.15) is 43.7 Å². The maximum absolute atomic E-state index is 10.0. The van der Waals surface area contributed by atoms with Crippen molar-refractivity contribution in [3.8, 4) is 34.4 Å². The largest absolute Gasteiger partial charge is 0.493 e. The minimum atomic E-state index is -0.873. The normalized spacial score (nSPS) is 14.2. The summed E-state index contributed by atoms with van der Waals surface area (Å²) in [5.74, 6) is 2.36. The van der Waals surface area contributed by atoms with Crippen LogP contribution in [0.5, 0.6) is 17.2 Å². The highest BCUT2D eigenvalue weighted by Gasteiger charge is 2.37. The number of rotatable bonds is 10. The number of nitrogen functional groups attached to an aromatic ring is 2. The molecule has 0 amide bonds. The molecule has 1 fully saturated rings. The van der Waals surface area contributed by atoms with Crippen molar-refractivity contribution in [1.29, 1.82) is 5.26 Å². The monoisotopic (exact) mass is 489 g/mol. The molecule has 36 heavy (non-hydrogen) atoms. The lowest BCUT2D eigenvalue weighted by Crippen LogP contribution is -2.30. The van der Waals surface area contributed by atoms with Gasteiger partial charge in [0.2, 0.25) is 5.95 Å². The minimum Gasteiger partial charge on any atom is -0.493 e. The van der Waals surface area contributed by atoms with Gasteiger partial charge in [0.25, 0.3) is 0 Å². The van der Waals surface area contributed by atoms with E-state index in [2.05, 4.69) is 16.0 Å². The molecule has 9 nitrogen and oxygen atoms in total. The Labute approximate surface area is 211 Å². The van der Waals surface area contributed by atoms with Gasteiger partial charge in [-0.05, 0) is 55.2 Å². The number of ether oxygens (including phenoxy) is 4. The number of nitriles is 1. The molecule has 0 bridgehead atoms. The summed E-state index contributed by atoms with van der Waals surface area (Å²) in [5.41, 5.74) is 14.2. The summed E-state index contributed by atoms with van der Waals surface area (Å²) in [6.07, 6.45) is 5.34. The Morgan fingerprint density at radius 2 is 1.78 bits per heavy atom. The van der Waals surface area contributed by atoms with Crippen LogP contribution in [0.2, 0.25) is 0 Å². The standard InChI is InChI=1S/C27H31N5O4/c1-3-34-22-13-18(12-20-15-31-26(30)32-25(20)29)14-23(36-27(16-28)10-4-5-11-27)24(22)19-6-8-21(9-7-19)35-17-33-2/h6-9,13-15H,3-5,10-12,17H2,1-2H3,(H4,29,30,31,32). The average Bonchev–Trinajstić information content (AvgIpc) is 3.34. The van der Waals surface area contributed by atoms with Crippen molar-refractivity contribution < 1.29 is 18.9 Å². The van der Waals surface area contributed by atoms with Crippen LogP contribution >= 0.6 is 0 Å². The van der Waals surface area contributed by atoms with Crippen LogP contribution in [0, 0.1) is 11.3 Å². The first-order valence-corrected chi connectivity index (χ1v) is 12.0. The number of benzene rings is 2.